The fourth-order valence-electron chi connectivity index (χ4n) is 4.37. The van der Waals surface area contributed by atoms with Crippen molar-refractivity contribution in [2.75, 3.05) is 0 Å². The Balaban J connectivity index is 1.85. The maximum atomic E-state index is 4.72. The van der Waals surface area contributed by atoms with Gasteiger partial charge in [-0.05, 0) is 74.1 Å². The Hall–Kier alpha value is -3.13. The second-order valence-electron chi connectivity index (χ2n) is 7.97. The molecule has 4 rings (SSSR count). The molecule has 4 aromatic rings. The van der Waals surface area contributed by atoms with Gasteiger partial charge in [0.2, 0.25) is 0 Å². The van der Waals surface area contributed by atoms with E-state index in [1.54, 1.807) is 0 Å². The number of imidazole rings is 1. The van der Waals surface area contributed by atoms with Crippen molar-refractivity contribution < 1.29 is 0 Å². The Kier molecular flexibility index (Phi) is 5.10. The topological polar surface area (TPSA) is 17.8 Å². The number of aryl methyl sites for hydroxylation is 5. The standard InChI is InChI=1S/C27H28N2/c1-6-22-9-7-8-10-25(22)27-28-11-12-29(27)26-20(4)16-24(17-21(26)5)23-14-18(2)13-19(3)15-23/h7-17H,6H2,1-5H3. The second kappa shape index (κ2) is 7.71. The summed E-state index contributed by atoms with van der Waals surface area (Å²) >= 11 is 0. The Morgan fingerprint density at radius 2 is 1.41 bits per heavy atom. The van der Waals surface area contributed by atoms with Crippen molar-refractivity contribution in [3.8, 4) is 28.2 Å². The van der Waals surface area contributed by atoms with Gasteiger partial charge in [0.1, 0.15) is 5.82 Å². The van der Waals surface area contributed by atoms with Crippen LogP contribution in [-0.2, 0) is 6.42 Å². The van der Waals surface area contributed by atoms with Gasteiger partial charge in [0.15, 0.2) is 0 Å². The number of hydrogen-bond donors (Lipinski definition) is 0. The molecule has 2 nitrogen and oxygen atoms in total. The van der Waals surface area contributed by atoms with Gasteiger partial charge in [-0.3, -0.25) is 4.57 Å². The molecule has 0 saturated carbocycles. The summed E-state index contributed by atoms with van der Waals surface area (Å²) < 4.78 is 2.24. The Morgan fingerprint density at radius 3 is 2.07 bits per heavy atom. The van der Waals surface area contributed by atoms with E-state index in [-0.39, 0.29) is 0 Å². The third kappa shape index (κ3) is 3.63. The molecule has 29 heavy (non-hydrogen) atoms. The molecule has 0 spiro atoms. The van der Waals surface area contributed by atoms with Crippen molar-refractivity contribution in [3.63, 3.8) is 0 Å². The largest absolute Gasteiger partial charge is 0.299 e. The highest BCUT2D eigenvalue weighted by Crippen LogP contribution is 2.32. The number of nitrogens with zero attached hydrogens (tertiary/aromatic N) is 2. The lowest BCUT2D eigenvalue weighted by atomic mass is 9.96. The van der Waals surface area contributed by atoms with Crippen LogP contribution in [0, 0.1) is 27.7 Å². The van der Waals surface area contributed by atoms with Gasteiger partial charge in [-0.15, -0.1) is 0 Å². The van der Waals surface area contributed by atoms with E-state index < -0.39 is 0 Å². The van der Waals surface area contributed by atoms with Crippen LogP contribution in [0.5, 0.6) is 0 Å². The summed E-state index contributed by atoms with van der Waals surface area (Å²) in [6, 6.07) is 19.9. The molecule has 0 fully saturated rings. The van der Waals surface area contributed by atoms with Crippen LogP contribution < -0.4 is 0 Å². The quantitative estimate of drug-likeness (QED) is 0.372. The van der Waals surface area contributed by atoms with Gasteiger partial charge in [0.05, 0.1) is 5.69 Å². The molecule has 0 atom stereocenters. The van der Waals surface area contributed by atoms with Gasteiger partial charge in [0.25, 0.3) is 0 Å². The lowest BCUT2D eigenvalue weighted by Gasteiger charge is -2.17. The molecule has 2 heteroatoms. The predicted molar refractivity (Wildman–Crippen MR) is 123 cm³/mol. The normalized spacial score (nSPS) is 11.1. The number of hydrogen-bond acceptors (Lipinski definition) is 1. The van der Waals surface area contributed by atoms with Crippen molar-refractivity contribution in [2.24, 2.45) is 0 Å². The van der Waals surface area contributed by atoms with Gasteiger partial charge in [-0.2, -0.15) is 0 Å². The van der Waals surface area contributed by atoms with E-state index in [4.69, 9.17) is 4.98 Å². The third-order valence-electron chi connectivity index (χ3n) is 5.57. The Bertz CT molecular complexity index is 1140. The van der Waals surface area contributed by atoms with E-state index in [1.807, 2.05) is 6.20 Å². The number of benzene rings is 3. The van der Waals surface area contributed by atoms with Crippen LogP contribution in [-0.4, -0.2) is 9.55 Å². The van der Waals surface area contributed by atoms with Crippen molar-refractivity contribution in [1.82, 2.24) is 9.55 Å². The van der Waals surface area contributed by atoms with Crippen LogP contribution in [0.3, 0.4) is 0 Å². The monoisotopic (exact) mass is 380 g/mol. The minimum atomic E-state index is 0.993. The lowest BCUT2D eigenvalue weighted by molar-refractivity contribution is 1.02. The maximum absolute atomic E-state index is 4.72. The minimum Gasteiger partial charge on any atom is -0.299 e. The molecule has 3 aromatic carbocycles. The zero-order chi connectivity index (χ0) is 20.5. The first-order valence-electron chi connectivity index (χ1n) is 10.3. The summed E-state index contributed by atoms with van der Waals surface area (Å²) in [6.07, 6.45) is 4.97. The molecule has 0 aliphatic rings. The summed E-state index contributed by atoms with van der Waals surface area (Å²) in [5.41, 5.74) is 11.4. The fourth-order valence-corrected chi connectivity index (χ4v) is 4.37. The second-order valence-corrected chi connectivity index (χ2v) is 7.97. The predicted octanol–water partition coefficient (Wildman–Crippen LogP) is 7.00. The zero-order valence-electron chi connectivity index (χ0n) is 18.0. The van der Waals surface area contributed by atoms with Gasteiger partial charge in [0, 0.05) is 18.0 Å². The molecular formula is C27H28N2. The SMILES string of the molecule is CCc1ccccc1-c1nccn1-c1c(C)cc(-c2cc(C)cc(C)c2)cc1C. The summed E-state index contributed by atoms with van der Waals surface area (Å²) in [6.45, 7) is 10.9. The van der Waals surface area contributed by atoms with Gasteiger partial charge >= 0.3 is 0 Å². The van der Waals surface area contributed by atoms with Crippen LogP contribution in [0.25, 0.3) is 28.2 Å². The van der Waals surface area contributed by atoms with Crippen LogP contribution in [0.4, 0.5) is 0 Å². The molecule has 0 aliphatic carbocycles. The van der Waals surface area contributed by atoms with Crippen molar-refractivity contribution in [2.45, 2.75) is 41.0 Å². The van der Waals surface area contributed by atoms with E-state index >= 15 is 0 Å². The first-order chi connectivity index (χ1) is 14.0. The van der Waals surface area contributed by atoms with Crippen LogP contribution >= 0.6 is 0 Å². The lowest BCUT2D eigenvalue weighted by Crippen LogP contribution is -2.03. The van der Waals surface area contributed by atoms with E-state index in [0.717, 1.165) is 12.2 Å². The molecule has 1 heterocycles. The molecule has 0 saturated heterocycles. The molecule has 0 aliphatic heterocycles. The minimum absolute atomic E-state index is 0.993. The molecule has 146 valence electrons. The Labute approximate surface area is 173 Å². The maximum Gasteiger partial charge on any atom is 0.144 e. The summed E-state index contributed by atoms with van der Waals surface area (Å²) in [5, 5.41) is 0. The highest BCUT2D eigenvalue weighted by Gasteiger charge is 2.15. The summed E-state index contributed by atoms with van der Waals surface area (Å²) in [7, 11) is 0. The molecule has 0 N–H and O–H groups in total. The number of rotatable bonds is 4. The van der Waals surface area contributed by atoms with Gasteiger partial charge in [-0.1, -0.05) is 60.5 Å². The van der Waals surface area contributed by atoms with E-state index in [0.29, 0.717) is 0 Å². The van der Waals surface area contributed by atoms with Gasteiger partial charge in [-0.25, -0.2) is 4.98 Å². The smallest absolute Gasteiger partial charge is 0.144 e. The van der Waals surface area contributed by atoms with E-state index in [2.05, 4.69) is 100.0 Å². The molecular weight excluding hydrogens is 352 g/mol. The highest BCUT2D eigenvalue weighted by molar-refractivity contribution is 5.71. The zero-order valence-corrected chi connectivity index (χ0v) is 18.0. The summed E-state index contributed by atoms with van der Waals surface area (Å²) in [4.78, 5) is 4.72. The average Bonchev–Trinajstić information content (AvgIpc) is 3.15. The van der Waals surface area contributed by atoms with Crippen molar-refractivity contribution in [1.29, 1.82) is 0 Å². The van der Waals surface area contributed by atoms with E-state index in [1.165, 1.54) is 50.2 Å². The third-order valence-corrected chi connectivity index (χ3v) is 5.57. The fraction of sp³-hybridized carbons (Fsp3) is 0.222. The highest BCUT2D eigenvalue weighted by atomic mass is 15.1. The Morgan fingerprint density at radius 1 is 0.793 bits per heavy atom. The van der Waals surface area contributed by atoms with Crippen LogP contribution in [0.15, 0.2) is 67.0 Å². The molecule has 0 amide bonds. The first-order valence-corrected chi connectivity index (χ1v) is 10.3. The number of aromatic nitrogens is 2. The molecule has 0 radical (unpaired) electrons. The van der Waals surface area contributed by atoms with Crippen LogP contribution in [0.2, 0.25) is 0 Å². The van der Waals surface area contributed by atoms with Crippen molar-refractivity contribution >= 4 is 0 Å². The molecule has 0 bridgehead atoms. The van der Waals surface area contributed by atoms with Crippen LogP contribution in [0.1, 0.15) is 34.7 Å². The average molecular weight is 381 g/mol. The van der Waals surface area contributed by atoms with Gasteiger partial charge < -0.3 is 0 Å². The van der Waals surface area contributed by atoms with E-state index in [9.17, 15) is 0 Å². The molecule has 1 aromatic heterocycles. The van der Waals surface area contributed by atoms with Crippen molar-refractivity contribution in [3.05, 3.63) is 94.8 Å². The molecule has 0 unspecified atom stereocenters. The summed E-state index contributed by atoms with van der Waals surface area (Å²) in [5.74, 6) is 1.01. The first kappa shape index (κ1) is 19.2.